The summed E-state index contributed by atoms with van der Waals surface area (Å²) in [5, 5.41) is 0. The average molecular weight is 300 g/mol. The molecule has 7 nitrogen and oxygen atoms in total. The Labute approximate surface area is 127 Å². The molecule has 2 aromatic heterocycles. The fraction of sp³-hybridized carbons (Fsp3) is 0.333. The minimum absolute atomic E-state index is 0.131. The molecule has 1 aliphatic rings. The molecular weight excluding hydrogens is 284 g/mol. The van der Waals surface area contributed by atoms with Gasteiger partial charge in [-0.25, -0.2) is 4.98 Å². The van der Waals surface area contributed by atoms with Gasteiger partial charge in [-0.1, -0.05) is 0 Å². The van der Waals surface area contributed by atoms with E-state index in [1.165, 1.54) is 10.8 Å². The molecule has 0 aliphatic carbocycles. The van der Waals surface area contributed by atoms with Crippen LogP contribution < -0.4 is 10.3 Å². The molecule has 1 saturated heterocycles. The van der Waals surface area contributed by atoms with Crippen LogP contribution in [0.5, 0.6) is 5.88 Å². The summed E-state index contributed by atoms with van der Waals surface area (Å²) in [6.45, 7) is 0.995. The first-order chi connectivity index (χ1) is 10.6. The molecule has 0 saturated carbocycles. The maximum Gasteiger partial charge on any atom is 0.263 e. The quantitative estimate of drug-likeness (QED) is 0.823. The summed E-state index contributed by atoms with van der Waals surface area (Å²) in [6, 6.07) is 3.25. The number of pyridine rings is 1. The molecule has 1 atom stereocenters. The van der Waals surface area contributed by atoms with Gasteiger partial charge in [-0.05, 0) is 12.1 Å². The van der Waals surface area contributed by atoms with Crippen molar-refractivity contribution in [1.82, 2.24) is 19.4 Å². The predicted molar refractivity (Wildman–Crippen MR) is 78.7 cm³/mol. The first-order valence-corrected chi connectivity index (χ1v) is 7.03. The van der Waals surface area contributed by atoms with Crippen molar-refractivity contribution in [1.29, 1.82) is 0 Å². The highest BCUT2D eigenvalue weighted by molar-refractivity contribution is 5.94. The lowest BCUT2D eigenvalue weighted by atomic mass is 10.2. The van der Waals surface area contributed by atoms with E-state index in [4.69, 9.17) is 4.74 Å². The topological polar surface area (TPSA) is 77.3 Å². The van der Waals surface area contributed by atoms with Crippen molar-refractivity contribution < 1.29 is 9.53 Å². The molecule has 114 valence electrons. The van der Waals surface area contributed by atoms with E-state index in [9.17, 15) is 9.59 Å². The average Bonchev–Trinajstić information content (AvgIpc) is 2.99. The number of aromatic nitrogens is 3. The SMILES string of the molecule is Cn1cccc(C(=O)N2CC[C@H](Oc3cnccn3)C2)c1=O. The molecule has 0 unspecified atom stereocenters. The Morgan fingerprint density at radius 1 is 1.41 bits per heavy atom. The highest BCUT2D eigenvalue weighted by atomic mass is 16.5. The lowest BCUT2D eigenvalue weighted by Crippen LogP contribution is -2.35. The molecule has 0 aromatic carbocycles. The molecule has 0 spiro atoms. The monoisotopic (exact) mass is 300 g/mol. The van der Waals surface area contributed by atoms with Gasteiger partial charge in [-0.2, -0.15) is 0 Å². The largest absolute Gasteiger partial charge is 0.471 e. The summed E-state index contributed by atoms with van der Waals surface area (Å²) in [7, 11) is 1.63. The third kappa shape index (κ3) is 2.83. The fourth-order valence-corrected chi connectivity index (χ4v) is 2.46. The van der Waals surface area contributed by atoms with Crippen LogP contribution in [0.2, 0.25) is 0 Å². The molecule has 1 fully saturated rings. The number of amides is 1. The van der Waals surface area contributed by atoms with E-state index in [0.29, 0.717) is 25.4 Å². The highest BCUT2D eigenvalue weighted by Gasteiger charge is 2.29. The number of hydrogen-bond acceptors (Lipinski definition) is 5. The first-order valence-electron chi connectivity index (χ1n) is 7.03. The van der Waals surface area contributed by atoms with E-state index in [-0.39, 0.29) is 23.1 Å². The Hall–Kier alpha value is -2.70. The number of ether oxygens (including phenoxy) is 1. The van der Waals surface area contributed by atoms with Gasteiger partial charge in [-0.15, -0.1) is 0 Å². The summed E-state index contributed by atoms with van der Waals surface area (Å²) in [6.07, 6.45) is 6.87. The third-order valence-electron chi connectivity index (χ3n) is 3.61. The summed E-state index contributed by atoms with van der Waals surface area (Å²) >= 11 is 0. The molecular formula is C15H16N4O3. The molecule has 3 heterocycles. The second kappa shape index (κ2) is 5.97. The smallest absolute Gasteiger partial charge is 0.263 e. The van der Waals surface area contributed by atoms with E-state index in [1.807, 2.05) is 0 Å². The van der Waals surface area contributed by atoms with Crippen molar-refractivity contribution in [2.75, 3.05) is 13.1 Å². The van der Waals surface area contributed by atoms with Gasteiger partial charge in [0.25, 0.3) is 11.5 Å². The van der Waals surface area contributed by atoms with Crippen molar-refractivity contribution in [2.24, 2.45) is 7.05 Å². The van der Waals surface area contributed by atoms with Gasteiger partial charge in [0.2, 0.25) is 5.88 Å². The molecule has 1 aliphatic heterocycles. The van der Waals surface area contributed by atoms with E-state index < -0.39 is 0 Å². The van der Waals surface area contributed by atoms with Gasteiger partial charge in [0, 0.05) is 38.6 Å². The number of carbonyl (C=O) groups excluding carboxylic acids is 1. The second-order valence-corrected chi connectivity index (χ2v) is 5.16. The van der Waals surface area contributed by atoms with Crippen molar-refractivity contribution >= 4 is 5.91 Å². The van der Waals surface area contributed by atoms with Crippen molar-refractivity contribution in [2.45, 2.75) is 12.5 Å². The molecule has 22 heavy (non-hydrogen) atoms. The highest BCUT2D eigenvalue weighted by Crippen LogP contribution is 2.17. The lowest BCUT2D eigenvalue weighted by Gasteiger charge is -2.16. The Morgan fingerprint density at radius 3 is 3.05 bits per heavy atom. The van der Waals surface area contributed by atoms with Gasteiger partial charge in [0.1, 0.15) is 11.7 Å². The zero-order chi connectivity index (χ0) is 15.5. The zero-order valence-corrected chi connectivity index (χ0v) is 12.2. The van der Waals surface area contributed by atoms with Crippen molar-refractivity contribution in [3.63, 3.8) is 0 Å². The molecule has 0 radical (unpaired) electrons. The Morgan fingerprint density at radius 2 is 2.27 bits per heavy atom. The minimum Gasteiger partial charge on any atom is -0.471 e. The van der Waals surface area contributed by atoms with Crippen LogP contribution >= 0.6 is 0 Å². The van der Waals surface area contributed by atoms with Crippen molar-refractivity contribution in [3.8, 4) is 5.88 Å². The van der Waals surface area contributed by atoms with Gasteiger partial charge >= 0.3 is 0 Å². The number of carbonyl (C=O) groups is 1. The number of rotatable bonds is 3. The van der Waals surface area contributed by atoms with E-state index in [1.54, 1.807) is 42.7 Å². The maximum absolute atomic E-state index is 12.4. The molecule has 7 heteroatoms. The van der Waals surface area contributed by atoms with Crippen LogP contribution in [0.1, 0.15) is 16.8 Å². The molecule has 2 aromatic rings. The summed E-state index contributed by atoms with van der Waals surface area (Å²) in [4.78, 5) is 34.1. The standard InChI is InChI=1S/C15H16N4O3/c1-18-7-2-3-12(14(18)20)15(21)19-8-4-11(10-19)22-13-9-16-5-6-17-13/h2-3,5-7,9,11H,4,8,10H2,1H3/t11-/m0/s1. The van der Waals surface area contributed by atoms with Crippen LogP contribution in [0.15, 0.2) is 41.7 Å². The fourth-order valence-electron chi connectivity index (χ4n) is 2.46. The van der Waals surface area contributed by atoms with Crippen LogP contribution in [-0.2, 0) is 7.05 Å². The lowest BCUT2D eigenvalue weighted by molar-refractivity contribution is 0.0768. The normalized spacial score (nSPS) is 17.5. The van der Waals surface area contributed by atoms with Gasteiger partial charge in [-0.3, -0.25) is 14.6 Å². The van der Waals surface area contributed by atoms with Crippen LogP contribution in [0, 0.1) is 0 Å². The second-order valence-electron chi connectivity index (χ2n) is 5.16. The van der Waals surface area contributed by atoms with E-state index in [0.717, 1.165) is 0 Å². The Bertz CT molecular complexity index is 729. The molecule has 0 N–H and O–H groups in total. The summed E-state index contributed by atoms with van der Waals surface area (Å²) < 4.78 is 7.09. The molecule has 0 bridgehead atoms. The summed E-state index contributed by atoms with van der Waals surface area (Å²) in [5.41, 5.74) is -0.101. The Balaban J connectivity index is 1.69. The zero-order valence-electron chi connectivity index (χ0n) is 12.2. The Kier molecular flexibility index (Phi) is 3.86. The van der Waals surface area contributed by atoms with E-state index in [2.05, 4.69) is 9.97 Å². The number of hydrogen-bond donors (Lipinski definition) is 0. The van der Waals surface area contributed by atoms with Crippen LogP contribution in [0.4, 0.5) is 0 Å². The molecule has 1 amide bonds. The third-order valence-corrected chi connectivity index (χ3v) is 3.61. The van der Waals surface area contributed by atoms with Gasteiger partial charge < -0.3 is 14.2 Å². The van der Waals surface area contributed by atoms with Crippen molar-refractivity contribution in [3.05, 3.63) is 52.8 Å². The number of likely N-dealkylation sites (tertiary alicyclic amines) is 1. The van der Waals surface area contributed by atoms with E-state index >= 15 is 0 Å². The summed E-state index contributed by atoms with van der Waals surface area (Å²) in [5.74, 6) is 0.184. The van der Waals surface area contributed by atoms with Crippen LogP contribution in [0.3, 0.4) is 0 Å². The van der Waals surface area contributed by atoms with Gasteiger partial charge in [0.05, 0.1) is 12.7 Å². The van der Waals surface area contributed by atoms with Crippen LogP contribution in [0.25, 0.3) is 0 Å². The molecule has 3 rings (SSSR count). The minimum atomic E-state index is -0.286. The van der Waals surface area contributed by atoms with Crippen LogP contribution in [-0.4, -0.2) is 44.5 Å². The maximum atomic E-state index is 12.4. The van der Waals surface area contributed by atoms with Gasteiger partial charge in [0.15, 0.2) is 0 Å². The number of nitrogens with zero attached hydrogens (tertiary/aromatic N) is 4. The predicted octanol–water partition coefficient (Wildman–Crippen LogP) is 0.469. The number of aryl methyl sites for hydroxylation is 1. The first kappa shape index (κ1) is 14.2.